The molecule has 84 valence electrons. The van der Waals surface area contributed by atoms with Gasteiger partial charge in [0.25, 0.3) is 0 Å². The van der Waals surface area contributed by atoms with Crippen molar-refractivity contribution < 1.29 is 4.79 Å². The second-order valence-corrected chi connectivity index (χ2v) is 3.36. The quantitative estimate of drug-likeness (QED) is 0.724. The van der Waals surface area contributed by atoms with Gasteiger partial charge in [-0.05, 0) is 6.07 Å². The van der Waals surface area contributed by atoms with E-state index in [-0.39, 0.29) is 5.91 Å². The lowest BCUT2D eigenvalue weighted by Crippen LogP contribution is -2.26. The van der Waals surface area contributed by atoms with E-state index in [2.05, 4.69) is 20.7 Å². The molecule has 2 N–H and O–H groups in total. The van der Waals surface area contributed by atoms with Crippen LogP contribution in [0.25, 0.3) is 5.65 Å². The molecule has 0 unspecified atom stereocenters. The van der Waals surface area contributed by atoms with Gasteiger partial charge in [-0.25, -0.2) is 9.50 Å². The van der Waals surface area contributed by atoms with E-state index in [1.54, 1.807) is 10.7 Å². The topological polar surface area (TPSA) is 71.3 Å². The highest BCUT2D eigenvalue weighted by atomic mass is 16.1. The lowest BCUT2D eigenvalue weighted by atomic mass is 10.5. The molecule has 0 saturated heterocycles. The van der Waals surface area contributed by atoms with E-state index < -0.39 is 0 Å². The van der Waals surface area contributed by atoms with E-state index in [0.29, 0.717) is 13.1 Å². The Labute approximate surface area is 92.7 Å². The van der Waals surface area contributed by atoms with Crippen LogP contribution in [0.1, 0.15) is 6.92 Å². The highest BCUT2D eigenvalue weighted by Crippen LogP contribution is 2.04. The molecule has 0 fully saturated rings. The monoisotopic (exact) mass is 219 g/mol. The van der Waals surface area contributed by atoms with Crippen molar-refractivity contribution in [3.63, 3.8) is 0 Å². The van der Waals surface area contributed by atoms with Crippen LogP contribution in [-0.4, -0.2) is 33.6 Å². The van der Waals surface area contributed by atoms with Gasteiger partial charge < -0.3 is 10.6 Å². The smallest absolute Gasteiger partial charge is 0.216 e. The Morgan fingerprint density at radius 3 is 3.12 bits per heavy atom. The molecule has 2 aromatic rings. The summed E-state index contributed by atoms with van der Waals surface area (Å²) in [5, 5.41) is 9.87. The molecule has 0 atom stereocenters. The van der Waals surface area contributed by atoms with Crippen molar-refractivity contribution in [3.05, 3.63) is 24.5 Å². The molecule has 0 spiro atoms. The molecule has 0 aromatic carbocycles. The molecular weight excluding hydrogens is 206 g/mol. The molecule has 2 aromatic heterocycles. The number of carbonyl (C=O) groups excluding carboxylic acids is 1. The zero-order valence-electron chi connectivity index (χ0n) is 8.97. The Kier molecular flexibility index (Phi) is 3.00. The van der Waals surface area contributed by atoms with Crippen molar-refractivity contribution in [3.8, 4) is 0 Å². The lowest BCUT2D eigenvalue weighted by Gasteiger charge is -2.05. The molecule has 16 heavy (non-hydrogen) atoms. The van der Waals surface area contributed by atoms with Crippen molar-refractivity contribution in [2.75, 3.05) is 18.4 Å². The van der Waals surface area contributed by atoms with Gasteiger partial charge >= 0.3 is 0 Å². The van der Waals surface area contributed by atoms with Gasteiger partial charge in [0.1, 0.15) is 5.82 Å². The number of rotatable bonds is 4. The van der Waals surface area contributed by atoms with Crippen molar-refractivity contribution in [2.45, 2.75) is 6.92 Å². The number of nitrogens with zero attached hydrogens (tertiary/aromatic N) is 3. The van der Waals surface area contributed by atoms with Crippen LogP contribution in [-0.2, 0) is 4.79 Å². The standard InChI is InChI=1S/C10H13N5O/c1-8(16)11-5-6-12-9-3-7-15-10(14-9)2-4-13-15/h2-4,7H,5-6H2,1H3,(H,11,16)(H,12,14). The molecule has 0 bridgehead atoms. The SMILES string of the molecule is CC(=O)NCCNc1ccn2nccc2n1. The average Bonchev–Trinajstić information content (AvgIpc) is 2.71. The first-order chi connectivity index (χ1) is 7.75. The zero-order valence-corrected chi connectivity index (χ0v) is 8.97. The fourth-order valence-corrected chi connectivity index (χ4v) is 1.34. The number of anilines is 1. The Balaban J connectivity index is 1.91. The predicted molar refractivity (Wildman–Crippen MR) is 60.2 cm³/mol. The maximum Gasteiger partial charge on any atom is 0.216 e. The molecule has 2 heterocycles. The summed E-state index contributed by atoms with van der Waals surface area (Å²) in [5.74, 6) is 0.749. The summed E-state index contributed by atoms with van der Waals surface area (Å²) in [4.78, 5) is 15.0. The normalized spacial score (nSPS) is 10.3. The van der Waals surface area contributed by atoms with Gasteiger partial charge in [-0.1, -0.05) is 0 Å². The van der Waals surface area contributed by atoms with E-state index in [1.807, 2.05) is 18.3 Å². The molecule has 1 amide bonds. The summed E-state index contributed by atoms with van der Waals surface area (Å²) in [6, 6.07) is 3.67. The van der Waals surface area contributed by atoms with Crippen molar-refractivity contribution in [1.29, 1.82) is 0 Å². The van der Waals surface area contributed by atoms with Crippen LogP contribution < -0.4 is 10.6 Å². The summed E-state index contributed by atoms with van der Waals surface area (Å²) in [6.07, 6.45) is 3.53. The van der Waals surface area contributed by atoms with Crippen LogP contribution in [0.15, 0.2) is 24.5 Å². The third kappa shape index (κ3) is 2.47. The molecule has 0 aliphatic carbocycles. The summed E-state index contributed by atoms with van der Waals surface area (Å²) < 4.78 is 1.69. The molecule has 0 aliphatic rings. The summed E-state index contributed by atoms with van der Waals surface area (Å²) >= 11 is 0. The first-order valence-electron chi connectivity index (χ1n) is 5.04. The maximum absolute atomic E-state index is 10.6. The third-order valence-electron chi connectivity index (χ3n) is 2.06. The molecule has 6 heteroatoms. The van der Waals surface area contributed by atoms with Gasteiger partial charge in [-0.15, -0.1) is 0 Å². The van der Waals surface area contributed by atoms with E-state index in [9.17, 15) is 4.79 Å². The van der Waals surface area contributed by atoms with Crippen molar-refractivity contribution in [2.24, 2.45) is 0 Å². The summed E-state index contributed by atoms with van der Waals surface area (Å²) in [5.41, 5.74) is 0.796. The predicted octanol–water partition coefficient (Wildman–Crippen LogP) is 0.277. The Morgan fingerprint density at radius 2 is 2.31 bits per heavy atom. The third-order valence-corrected chi connectivity index (χ3v) is 2.06. The van der Waals surface area contributed by atoms with Crippen LogP contribution in [0.2, 0.25) is 0 Å². The number of amides is 1. The molecule has 0 aliphatic heterocycles. The van der Waals surface area contributed by atoms with Gasteiger partial charge in [0.05, 0.1) is 6.20 Å². The van der Waals surface area contributed by atoms with Gasteiger partial charge in [-0.2, -0.15) is 5.10 Å². The molecule has 0 saturated carbocycles. The molecule has 2 rings (SSSR count). The minimum absolute atomic E-state index is 0.0269. The minimum atomic E-state index is -0.0269. The summed E-state index contributed by atoms with van der Waals surface area (Å²) in [7, 11) is 0. The number of aromatic nitrogens is 3. The fraction of sp³-hybridized carbons (Fsp3) is 0.300. The first-order valence-corrected chi connectivity index (χ1v) is 5.04. The van der Waals surface area contributed by atoms with Crippen LogP contribution >= 0.6 is 0 Å². The minimum Gasteiger partial charge on any atom is -0.368 e. The van der Waals surface area contributed by atoms with Crippen molar-refractivity contribution in [1.82, 2.24) is 19.9 Å². The van der Waals surface area contributed by atoms with E-state index >= 15 is 0 Å². The van der Waals surface area contributed by atoms with Gasteiger partial charge in [0.2, 0.25) is 5.91 Å². The van der Waals surface area contributed by atoms with Crippen LogP contribution in [0.4, 0.5) is 5.82 Å². The molecular formula is C10H13N5O. The fourth-order valence-electron chi connectivity index (χ4n) is 1.34. The Morgan fingerprint density at radius 1 is 1.44 bits per heavy atom. The second kappa shape index (κ2) is 4.61. The zero-order chi connectivity index (χ0) is 11.4. The van der Waals surface area contributed by atoms with Crippen LogP contribution in [0.5, 0.6) is 0 Å². The van der Waals surface area contributed by atoms with Gasteiger partial charge in [-0.3, -0.25) is 4.79 Å². The highest BCUT2D eigenvalue weighted by molar-refractivity contribution is 5.72. The first kappa shape index (κ1) is 10.4. The number of carbonyl (C=O) groups is 1. The van der Waals surface area contributed by atoms with Gasteiger partial charge in [0.15, 0.2) is 5.65 Å². The summed E-state index contributed by atoms with van der Waals surface area (Å²) in [6.45, 7) is 2.73. The van der Waals surface area contributed by atoms with E-state index in [1.165, 1.54) is 6.92 Å². The van der Waals surface area contributed by atoms with E-state index in [0.717, 1.165) is 11.5 Å². The largest absolute Gasteiger partial charge is 0.368 e. The molecule has 0 radical (unpaired) electrons. The van der Waals surface area contributed by atoms with E-state index in [4.69, 9.17) is 0 Å². The van der Waals surface area contributed by atoms with Gasteiger partial charge in [0, 0.05) is 32.3 Å². The Bertz CT molecular complexity index is 493. The maximum atomic E-state index is 10.6. The van der Waals surface area contributed by atoms with Crippen LogP contribution in [0, 0.1) is 0 Å². The molecule has 6 nitrogen and oxygen atoms in total. The average molecular weight is 219 g/mol. The second-order valence-electron chi connectivity index (χ2n) is 3.36. The highest BCUT2D eigenvalue weighted by Gasteiger charge is 1.97. The number of hydrogen-bond acceptors (Lipinski definition) is 4. The van der Waals surface area contributed by atoms with Crippen molar-refractivity contribution >= 4 is 17.4 Å². The lowest BCUT2D eigenvalue weighted by molar-refractivity contribution is -0.118. The number of nitrogens with one attached hydrogen (secondary N) is 2. The van der Waals surface area contributed by atoms with Crippen LogP contribution in [0.3, 0.4) is 0 Å². The number of hydrogen-bond donors (Lipinski definition) is 2. The number of fused-ring (bicyclic) bond motifs is 1. The Hall–Kier alpha value is -2.11.